The summed E-state index contributed by atoms with van der Waals surface area (Å²) in [6.07, 6.45) is 0.515. The molecule has 3 saturated carbocycles. The molecular formula is C30H38O6. The summed E-state index contributed by atoms with van der Waals surface area (Å²) in [4.78, 5) is 0. The molecule has 6 rings (SSSR count). The van der Waals surface area contributed by atoms with Gasteiger partial charge in [-0.3, -0.25) is 0 Å². The summed E-state index contributed by atoms with van der Waals surface area (Å²) in [5.74, 6) is -0.817. The van der Waals surface area contributed by atoms with Crippen LogP contribution >= 0.6 is 0 Å². The molecule has 1 saturated heterocycles. The number of hydrogen-bond acceptors (Lipinski definition) is 6. The standard InChI is InChI=1S/C30H38O6/c1-5-35-29-16-22-23-24(28(29)30(22,31-3)32-4)27(36-29)26(34-18-21-14-10-7-11-15-21)19(2)25(23)33-17-20-12-8-6-9-13-20/h6-15,19,22-28H,5,16-18H2,1-4H3/t19-,22-,23+,24-,25-,26-,27-,28-,29-/m1/s1. The molecule has 1 heterocycles. The summed E-state index contributed by atoms with van der Waals surface area (Å²) >= 11 is 0. The quantitative estimate of drug-likeness (QED) is 0.442. The Balaban J connectivity index is 1.36. The number of methoxy groups -OCH3 is 2. The van der Waals surface area contributed by atoms with E-state index in [4.69, 9.17) is 28.4 Å². The summed E-state index contributed by atoms with van der Waals surface area (Å²) in [6, 6.07) is 20.7. The summed E-state index contributed by atoms with van der Waals surface area (Å²) in [7, 11) is 3.52. The minimum atomic E-state index is -0.748. The van der Waals surface area contributed by atoms with Crippen LogP contribution in [-0.2, 0) is 41.6 Å². The van der Waals surface area contributed by atoms with Crippen molar-refractivity contribution in [1.82, 2.24) is 0 Å². The Morgan fingerprint density at radius 1 is 0.833 bits per heavy atom. The molecule has 0 amide bonds. The number of ether oxygens (including phenoxy) is 6. The highest BCUT2D eigenvalue weighted by Crippen LogP contribution is 2.73. The smallest absolute Gasteiger partial charge is 0.179 e. The minimum Gasteiger partial charge on any atom is -0.373 e. The zero-order valence-corrected chi connectivity index (χ0v) is 21.7. The molecule has 0 unspecified atom stereocenters. The highest BCUT2D eigenvalue weighted by molar-refractivity contribution is 5.26. The van der Waals surface area contributed by atoms with E-state index in [1.807, 2.05) is 31.2 Å². The normalized spacial score (nSPS) is 39.6. The van der Waals surface area contributed by atoms with Gasteiger partial charge in [0, 0.05) is 45.0 Å². The van der Waals surface area contributed by atoms with Gasteiger partial charge < -0.3 is 28.4 Å². The molecule has 6 heteroatoms. The minimum absolute atomic E-state index is 0.00627. The van der Waals surface area contributed by atoms with E-state index in [9.17, 15) is 0 Å². The van der Waals surface area contributed by atoms with Crippen molar-refractivity contribution in [3.05, 3.63) is 71.8 Å². The van der Waals surface area contributed by atoms with Crippen LogP contribution in [0, 0.1) is 29.6 Å². The molecule has 2 aromatic rings. The lowest BCUT2D eigenvalue weighted by Crippen LogP contribution is -2.55. The number of fused-ring (bicyclic) bond motifs is 2. The second-order valence-electron chi connectivity index (χ2n) is 10.8. The van der Waals surface area contributed by atoms with Crippen LogP contribution in [0.5, 0.6) is 0 Å². The van der Waals surface area contributed by atoms with Crippen LogP contribution in [0.1, 0.15) is 31.4 Å². The molecule has 0 N–H and O–H groups in total. The van der Waals surface area contributed by atoms with E-state index < -0.39 is 11.6 Å². The second-order valence-corrected chi connectivity index (χ2v) is 10.8. The number of hydrogen-bond donors (Lipinski definition) is 0. The molecular weight excluding hydrogens is 456 g/mol. The number of rotatable bonds is 10. The van der Waals surface area contributed by atoms with Crippen molar-refractivity contribution < 1.29 is 28.4 Å². The maximum Gasteiger partial charge on any atom is 0.179 e. The van der Waals surface area contributed by atoms with Crippen LogP contribution < -0.4 is 0 Å². The van der Waals surface area contributed by atoms with Crippen LogP contribution in [0.25, 0.3) is 0 Å². The van der Waals surface area contributed by atoms with E-state index in [2.05, 4.69) is 43.3 Å². The maximum absolute atomic E-state index is 6.92. The molecule has 3 aliphatic carbocycles. The Morgan fingerprint density at radius 3 is 1.97 bits per heavy atom. The van der Waals surface area contributed by atoms with Crippen molar-refractivity contribution in [2.24, 2.45) is 29.6 Å². The van der Waals surface area contributed by atoms with E-state index in [1.54, 1.807) is 14.2 Å². The van der Waals surface area contributed by atoms with Gasteiger partial charge in [0.05, 0.1) is 37.4 Å². The molecule has 36 heavy (non-hydrogen) atoms. The molecule has 2 bridgehead atoms. The Morgan fingerprint density at radius 2 is 1.42 bits per heavy atom. The zero-order valence-electron chi connectivity index (χ0n) is 21.7. The van der Waals surface area contributed by atoms with Gasteiger partial charge in [0.1, 0.15) is 0 Å². The van der Waals surface area contributed by atoms with Crippen molar-refractivity contribution in [3.8, 4) is 0 Å². The van der Waals surface area contributed by atoms with Gasteiger partial charge in [0.2, 0.25) is 0 Å². The maximum atomic E-state index is 6.92. The highest BCUT2D eigenvalue weighted by atomic mass is 16.7. The Labute approximate surface area is 214 Å². The predicted molar refractivity (Wildman–Crippen MR) is 134 cm³/mol. The van der Waals surface area contributed by atoms with Crippen molar-refractivity contribution in [3.63, 3.8) is 0 Å². The fourth-order valence-electron chi connectivity index (χ4n) is 8.09. The van der Waals surface area contributed by atoms with Crippen molar-refractivity contribution in [1.29, 1.82) is 0 Å². The van der Waals surface area contributed by atoms with Gasteiger partial charge in [-0.05, 0) is 24.0 Å². The lowest BCUT2D eigenvalue weighted by atomic mass is 9.64. The third-order valence-corrected chi connectivity index (χ3v) is 9.27. The van der Waals surface area contributed by atoms with Crippen molar-refractivity contribution >= 4 is 0 Å². The molecule has 0 radical (unpaired) electrons. The van der Waals surface area contributed by atoms with Crippen LogP contribution in [0.3, 0.4) is 0 Å². The predicted octanol–water partition coefficient (Wildman–Crippen LogP) is 4.81. The molecule has 1 aliphatic heterocycles. The average molecular weight is 495 g/mol. The van der Waals surface area contributed by atoms with Gasteiger partial charge in [0.15, 0.2) is 11.6 Å². The fourth-order valence-corrected chi connectivity index (χ4v) is 8.09. The topological polar surface area (TPSA) is 55.4 Å². The van der Waals surface area contributed by atoms with E-state index in [0.717, 1.165) is 12.0 Å². The molecule has 194 valence electrons. The zero-order chi connectivity index (χ0) is 24.9. The molecule has 9 atom stereocenters. The highest BCUT2D eigenvalue weighted by Gasteiger charge is 2.84. The molecule has 2 aromatic carbocycles. The first-order valence-electron chi connectivity index (χ1n) is 13.3. The lowest BCUT2D eigenvalue weighted by molar-refractivity contribution is -0.289. The first-order valence-corrected chi connectivity index (χ1v) is 13.3. The number of benzene rings is 2. The third-order valence-electron chi connectivity index (χ3n) is 9.27. The largest absolute Gasteiger partial charge is 0.373 e. The van der Waals surface area contributed by atoms with Gasteiger partial charge in [0.25, 0.3) is 0 Å². The molecule has 4 fully saturated rings. The summed E-state index contributed by atoms with van der Waals surface area (Å²) in [6.45, 7) is 5.96. The van der Waals surface area contributed by atoms with Crippen LogP contribution in [0.2, 0.25) is 0 Å². The van der Waals surface area contributed by atoms with E-state index in [-0.39, 0.29) is 47.9 Å². The summed E-state index contributed by atoms with van der Waals surface area (Å²) < 4.78 is 39.3. The molecule has 4 aliphatic rings. The molecule has 6 nitrogen and oxygen atoms in total. The second kappa shape index (κ2) is 9.50. The summed E-state index contributed by atoms with van der Waals surface area (Å²) in [5, 5.41) is 0. The van der Waals surface area contributed by atoms with Crippen molar-refractivity contribution in [2.45, 2.75) is 63.4 Å². The van der Waals surface area contributed by atoms with Gasteiger partial charge in [-0.25, -0.2) is 0 Å². The first kappa shape index (κ1) is 24.5. The molecule has 0 aromatic heterocycles. The average Bonchev–Trinajstić information content (AvgIpc) is 3.45. The fraction of sp³-hybridized carbons (Fsp3) is 0.600. The van der Waals surface area contributed by atoms with E-state index in [1.165, 1.54) is 5.56 Å². The monoisotopic (exact) mass is 494 g/mol. The van der Waals surface area contributed by atoms with Crippen LogP contribution in [0.15, 0.2) is 60.7 Å². The van der Waals surface area contributed by atoms with Crippen LogP contribution in [0.4, 0.5) is 0 Å². The van der Waals surface area contributed by atoms with E-state index >= 15 is 0 Å². The van der Waals surface area contributed by atoms with Gasteiger partial charge in [-0.2, -0.15) is 0 Å². The Hall–Kier alpha value is -1.80. The third kappa shape index (κ3) is 3.53. The SMILES string of the molecule is CCO[C@]12C[C@@H]3[C@@H]4[C@H](OCc5ccccc5)[C@@H](C)[C@@H](OCc5ccccc5)[C@H](O1)[C@@H]4[C@H]2C3(OC)OC. The van der Waals surface area contributed by atoms with Crippen molar-refractivity contribution in [2.75, 3.05) is 20.8 Å². The van der Waals surface area contributed by atoms with E-state index in [0.29, 0.717) is 19.8 Å². The molecule has 0 spiro atoms. The lowest BCUT2D eigenvalue weighted by Gasteiger charge is -2.47. The Bertz CT molecular complexity index is 1030. The van der Waals surface area contributed by atoms with Crippen LogP contribution in [-0.4, -0.2) is 50.7 Å². The first-order chi connectivity index (χ1) is 17.6. The summed E-state index contributed by atoms with van der Waals surface area (Å²) in [5.41, 5.74) is 2.33. The Kier molecular flexibility index (Phi) is 6.47. The van der Waals surface area contributed by atoms with Gasteiger partial charge in [-0.1, -0.05) is 67.6 Å². The van der Waals surface area contributed by atoms with Gasteiger partial charge >= 0.3 is 0 Å². The van der Waals surface area contributed by atoms with Gasteiger partial charge in [-0.15, -0.1) is 0 Å².